The van der Waals surface area contributed by atoms with E-state index < -0.39 is 0 Å². The third-order valence-electron chi connectivity index (χ3n) is 3.08. The molecule has 0 spiro atoms. The SMILES string of the molecule is COc1ccccc1C(=O)c1cc(Br)c(C)cc1OC. The molecule has 0 saturated heterocycles. The van der Waals surface area contributed by atoms with E-state index in [4.69, 9.17) is 9.47 Å². The van der Waals surface area contributed by atoms with Gasteiger partial charge in [-0.1, -0.05) is 28.1 Å². The molecule has 2 rings (SSSR count). The third-order valence-corrected chi connectivity index (χ3v) is 3.93. The molecule has 20 heavy (non-hydrogen) atoms. The van der Waals surface area contributed by atoms with Crippen molar-refractivity contribution >= 4 is 21.7 Å². The smallest absolute Gasteiger partial charge is 0.200 e. The average Bonchev–Trinajstić information content (AvgIpc) is 2.48. The van der Waals surface area contributed by atoms with Crippen LogP contribution in [0.3, 0.4) is 0 Å². The number of hydrogen-bond acceptors (Lipinski definition) is 3. The number of rotatable bonds is 4. The maximum atomic E-state index is 12.7. The number of hydrogen-bond donors (Lipinski definition) is 0. The highest BCUT2D eigenvalue weighted by Crippen LogP contribution is 2.30. The van der Waals surface area contributed by atoms with Crippen LogP contribution in [0.2, 0.25) is 0 Å². The average molecular weight is 335 g/mol. The van der Waals surface area contributed by atoms with E-state index in [0.29, 0.717) is 22.6 Å². The molecule has 0 N–H and O–H groups in total. The van der Waals surface area contributed by atoms with Gasteiger partial charge < -0.3 is 9.47 Å². The molecule has 2 aromatic rings. The molecular formula is C16H15BrO3. The summed E-state index contributed by atoms with van der Waals surface area (Å²) in [4.78, 5) is 12.7. The lowest BCUT2D eigenvalue weighted by molar-refractivity contribution is 0.103. The van der Waals surface area contributed by atoms with Crippen LogP contribution >= 0.6 is 15.9 Å². The fraction of sp³-hybridized carbons (Fsp3) is 0.188. The second kappa shape index (κ2) is 6.09. The van der Waals surface area contributed by atoms with E-state index in [-0.39, 0.29) is 5.78 Å². The summed E-state index contributed by atoms with van der Waals surface area (Å²) in [6.07, 6.45) is 0. The van der Waals surface area contributed by atoms with Crippen molar-refractivity contribution in [3.05, 3.63) is 57.6 Å². The van der Waals surface area contributed by atoms with Gasteiger partial charge in [0.25, 0.3) is 0 Å². The van der Waals surface area contributed by atoms with Gasteiger partial charge in [0.05, 0.1) is 25.3 Å². The lowest BCUT2D eigenvalue weighted by Gasteiger charge is -2.12. The molecule has 0 atom stereocenters. The van der Waals surface area contributed by atoms with Gasteiger partial charge in [0.15, 0.2) is 0 Å². The summed E-state index contributed by atoms with van der Waals surface area (Å²) in [5.74, 6) is 0.984. The monoisotopic (exact) mass is 334 g/mol. The van der Waals surface area contributed by atoms with Gasteiger partial charge in [0.1, 0.15) is 11.5 Å². The molecule has 0 bridgehead atoms. The standard InChI is InChI=1S/C16H15BrO3/c1-10-8-15(20-3)12(9-13(10)17)16(18)11-6-4-5-7-14(11)19-2/h4-9H,1-3H3. The van der Waals surface area contributed by atoms with Crippen LogP contribution in [0.25, 0.3) is 0 Å². The molecule has 3 nitrogen and oxygen atoms in total. The normalized spacial score (nSPS) is 10.2. The van der Waals surface area contributed by atoms with Crippen molar-refractivity contribution in [2.75, 3.05) is 14.2 Å². The zero-order valence-electron chi connectivity index (χ0n) is 11.6. The van der Waals surface area contributed by atoms with Crippen molar-refractivity contribution in [2.24, 2.45) is 0 Å². The Labute approximate surface area is 126 Å². The summed E-state index contributed by atoms with van der Waals surface area (Å²) >= 11 is 3.45. The Morgan fingerprint density at radius 3 is 2.30 bits per heavy atom. The Balaban J connectivity index is 2.56. The van der Waals surface area contributed by atoms with Crippen LogP contribution in [-0.2, 0) is 0 Å². The minimum atomic E-state index is -0.125. The Kier molecular flexibility index (Phi) is 4.45. The van der Waals surface area contributed by atoms with E-state index in [1.165, 1.54) is 0 Å². The molecule has 0 saturated carbocycles. The van der Waals surface area contributed by atoms with Crippen LogP contribution in [0.5, 0.6) is 11.5 Å². The van der Waals surface area contributed by atoms with Crippen molar-refractivity contribution in [3.8, 4) is 11.5 Å². The number of methoxy groups -OCH3 is 2. The lowest BCUT2D eigenvalue weighted by atomic mass is 10.0. The van der Waals surface area contributed by atoms with Gasteiger partial charge in [-0.25, -0.2) is 0 Å². The van der Waals surface area contributed by atoms with E-state index in [1.54, 1.807) is 32.4 Å². The molecule has 0 aliphatic heterocycles. The van der Waals surface area contributed by atoms with E-state index >= 15 is 0 Å². The van der Waals surface area contributed by atoms with E-state index in [9.17, 15) is 4.79 Å². The van der Waals surface area contributed by atoms with Crippen LogP contribution in [0.15, 0.2) is 40.9 Å². The Morgan fingerprint density at radius 2 is 1.65 bits per heavy atom. The van der Waals surface area contributed by atoms with Crippen molar-refractivity contribution < 1.29 is 14.3 Å². The fourth-order valence-corrected chi connectivity index (χ4v) is 2.32. The summed E-state index contributed by atoms with van der Waals surface area (Å²) in [6.45, 7) is 1.95. The number of halogens is 1. The van der Waals surface area contributed by atoms with Gasteiger partial charge in [-0.2, -0.15) is 0 Å². The number of ketones is 1. The van der Waals surface area contributed by atoms with Crippen molar-refractivity contribution in [1.29, 1.82) is 0 Å². The highest BCUT2D eigenvalue weighted by molar-refractivity contribution is 9.10. The highest BCUT2D eigenvalue weighted by atomic mass is 79.9. The van der Waals surface area contributed by atoms with Crippen molar-refractivity contribution in [3.63, 3.8) is 0 Å². The zero-order valence-corrected chi connectivity index (χ0v) is 13.2. The molecular weight excluding hydrogens is 320 g/mol. The zero-order chi connectivity index (χ0) is 14.7. The quantitative estimate of drug-likeness (QED) is 0.792. The second-order valence-corrected chi connectivity index (χ2v) is 5.19. The third kappa shape index (κ3) is 2.70. The number of carbonyl (C=O) groups is 1. The molecule has 0 aliphatic rings. The maximum Gasteiger partial charge on any atom is 0.200 e. The number of aryl methyl sites for hydroxylation is 1. The summed E-state index contributed by atoms with van der Waals surface area (Å²) in [6, 6.07) is 10.8. The van der Waals surface area contributed by atoms with E-state index in [1.807, 2.05) is 25.1 Å². The topological polar surface area (TPSA) is 35.5 Å². The molecule has 2 aromatic carbocycles. The number of ether oxygens (including phenoxy) is 2. The van der Waals surface area contributed by atoms with Crippen LogP contribution < -0.4 is 9.47 Å². The largest absolute Gasteiger partial charge is 0.496 e. The minimum Gasteiger partial charge on any atom is -0.496 e. The first-order chi connectivity index (χ1) is 9.58. The maximum absolute atomic E-state index is 12.7. The number of para-hydroxylation sites is 1. The lowest BCUT2D eigenvalue weighted by Crippen LogP contribution is -2.06. The first-order valence-electron chi connectivity index (χ1n) is 6.10. The van der Waals surface area contributed by atoms with Gasteiger partial charge in [-0.15, -0.1) is 0 Å². The summed E-state index contributed by atoms with van der Waals surface area (Å²) < 4.78 is 11.4. The Hall–Kier alpha value is -1.81. The summed E-state index contributed by atoms with van der Waals surface area (Å²) in [7, 11) is 3.11. The predicted octanol–water partition coefficient (Wildman–Crippen LogP) is 4.01. The molecule has 0 amide bonds. The van der Waals surface area contributed by atoms with Crippen LogP contribution in [0.1, 0.15) is 21.5 Å². The van der Waals surface area contributed by atoms with E-state index in [0.717, 1.165) is 10.0 Å². The summed E-state index contributed by atoms with van der Waals surface area (Å²) in [5.41, 5.74) is 2.04. The van der Waals surface area contributed by atoms with Gasteiger partial charge in [0.2, 0.25) is 5.78 Å². The van der Waals surface area contributed by atoms with Gasteiger partial charge in [0, 0.05) is 4.47 Å². The molecule has 0 aromatic heterocycles. The van der Waals surface area contributed by atoms with Crippen LogP contribution in [-0.4, -0.2) is 20.0 Å². The first-order valence-corrected chi connectivity index (χ1v) is 6.89. The number of benzene rings is 2. The van der Waals surface area contributed by atoms with Crippen LogP contribution in [0, 0.1) is 6.92 Å². The predicted molar refractivity (Wildman–Crippen MR) is 81.9 cm³/mol. The molecule has 4 heteroatoms. The van der Waals surface area contributed by atoms with Gasteiger partial charge >= 0.3 is 0 Å². The molecule has 0 fully saturated rings. The second-order valence-electron chi connectivity index (χ2n) is 4.33. The number of carbonyl (C=O) groups excluding carboxylic acids is 1. The van der Waals surface area contributed by atoms with Crippen LogP contribution in [0.4, 0.5) is 0 Å². The fourth-order valence-electron chi connectivity index (χ4n) is 1.98. The minimum absolute atomic E-state index is 0.125. The molecule has 0 heterocycles. The molecule has 0 unspecified atom stereocenters. The molecule has 104 valence electrons. The van der Waals surface area contributed by atoms with Gasteiger partial charge in [-0.05, 0) is 36.8 Å². The summed E-state index contributed by atoms with van der Waals surface area (Å²) in [5, 5.41) is 0. The molecule has 0 aliphatic carbocycles. The molecule has 0 radical (unpaired) electrons. The van der Waals surface area contributed by atoms with Crippen molar-refractivity contribution in [2.45, 2.75) is 6.92 Å². The Bertz CT molecular complexity index is 650. The van der Waals surface area contributed by atoms with E-state index in [2.05, 4.69) is 15.9 Å². The highest BCUT2D eigenvalue weighted by Gasteiger charge is 2.19. The van der Waals surface area contributed by atoms with Crippen molar-refractivity contribution in [1.82, 2.24) is 0 Å². The first kappa shape index (κ1) is 14.6. The Morgan fingerprint density at radius 1 is 1.00 bits per heavy atom. The van der Waals surface area contributed by atoms with Gasteiger partial charge in [-0.3, -0.25) is 4.79 Å².